The van der Waals surface area contributed by atoms with Gasteiger partial charge < -0.3 is 16.0 Å². The standard InChI is InChI=1S/C33H23Cl2FN4O3S2/c34-26-10-5-11-27(35)25(26)17-28(38-31(42)21-6-2-1-3-7-21)32(43)37-23-8-4-9-24(16-23)44-19-30(41)40-33-39-29(18-45-33)20-12-14-22(36)15-13-20/h1-18H,19H2,(H,37,43)(H,38,42)(H,39,40,41)/b28-17+. The Morgan fingerprint density at radius 3 is 2.31 bits per heavy atom. The van der Waals surface area contributed by atoms with Gasteiger partial charge in [-0.05, 0) is 72.8 Å². The summed E-state index contributed by atoms with van der Waals surface area (Å²) in [5, 5.41) is 11.1. The predicted molar refractivity (Wildman–Crippen MR) is 180 cm³/mol. The van der Waals surface area contributed by atoms with E-state index in [1.165, 1.54) is 41.3 Å². The number of carbonyl (C=O) groups excluding carboxylic acids is 3. The average molecular weight is 678 g/mol. The first kappa shape index (κ1) is 31.9. The van der Waals surface area contributed by atoms with Gasteiger partial charge in [-0.1, -0.05) is 53.5 Å². The van der Waals surface area contributed by atoms with Crippen LogP contribution in [0.15, 0.2) is 113 Å². The molecule has 0 fully saturated rings. The highest BCUT2D eigenvalue weighted by atomic mass is 35.5. The lowest BCUT2D eigenvalue weighted by molar-refractivity contribution is -0.114. The second kappa shape index (κ2) is 15.0. The van der Waals surface area contributed by atoms with Crippen molar-refractivity contribution in [3.63, 3.8) is 0 Å². The summed E-state index contributed by atoms with van der Waals surface area (Å²) in [6, 6.07) is 26.3. The van der Waals surface area contributed by atoms with Crippen LogP contribution in [0.2, 0.25) is 10.0 Å². The zero-order valence-corrected chi connectivity index (χ0v) is 26.4. The lowest BCUT2D eigenvalue weighted by Crippen LogP contribution is -2.30. The number of thioether (sulfide) groups is 1. The Kier molecular flexibility index (Phi) is 10.6. The molecule has 0 bridgehead atoms. The highest BCUT2D eigenvalue weighted by Gasteiger charge is 2.17. The van der Waals surface area contributed by atoms with E-state index >= 15 is 0 Å². The number of anilines is 2. The fraction of sp³-hybridized carbons (Fsp3) is 0.0303. The smallest absolute Gasteiger partial charge is 0.272 e. The van der Waals surface area contributed by atoms with E-state index in [1.807, 2.05) is 0 Å². The molecule has 0 radical (unpaired) electrons. The molecule has 0 saturated carbocycles. The molecule has 226 valence electrons. The van der Waals surface area contributed by atoms with Gasteiger partial charge in [-0.25, -0.2) is 9.37 Å². The van der Waals surface area contributed by atoms with Gasteiger partial charge in [0.25, 0.3) is 11.8 Å². The Morgan fingerprint density at radius 2 is 1.58 bits per heavy atom. The third kappa shape index (κ3) is 8.80. The van der Waals surface area contributed by atoms with Crippen LogP contribution in [0.1, 0.15) is 15.9 Å². The van der Waals surface area contributed by atoms with Gasteiger partial charge in [-0.15, -0.1) is 23.1 Å². The molecule has 3 amide bonds. The summed E-state index contributed by atoms with van der Waals surface area (Å²) in [6.07, 6.45) is 1.42. The Balaban J connectivity index is 1.24. The molecule has 0 spiro atoms. The summed E-state index contributed by atoms with van der Waals surface area (Å²) in [5.74, 6) is -1.60. The molecule has 3 N–H and O–H groups in total. The minimum absolute atomic E-state index is 0.0697. The number of nitrogens with zero attached hydrogens (tertiary/aromatic N) is 1. The monoisotopic (exact) mass is 676 g/mol. The molecule has 1 heterocycles. The summed E-state index contributed by atoms with van der Waals surface area (Å²) in [7, 11) is 0. The summed E-state index contributed by atoms with van der Waals surface area (Å²) in [5.41, 5.74) is 2.49. The number of rotatable bonds is 10. The lowest BCUT2D eigenvalue weighted by atomic mass is 10.1. The van der Waals surface area contributed by atoms with Gasteiger partial charge in [0.05, 0.1) is 11.4 Å². The number of hydrogen-bond donors (Lipinski definition) is 3. The van der Waals surface area contributed by atoms with E-state index < -0.39 is 11.8 Å². The third-order valence-electron chi connectivity index (χ3n) is 6.17. The van der Waals surface area contributed by atoms with Crippen molar-refractivity contribution in [3.05, 3.63) is 135 Å². The average Bonchev–Trinajstić information content (AvgIpc) is 3.50. The van der Waals surface area contributed by atoms with E-state index in [-0.39, 0.29) is 23.2 Å². The maximum Gasteiger partial charge on any atom is 0.272 e. The summed E-state index contributed by atoms with van der Waals surface area (Å²) in [4.78, 5) is 44.1. The van der Waals surface area contributed by atoms with Crippen molar-refractivity contribution in [2.75, 3.05) is 16.4 Å². The van der Waals surface area contributed by atoms with Gasteiger partial charge in [0.15, 0.2) is 5.13 Å². The van der Waals surface area contributed by atoms with Gasteiger partial charge in [-0.3, -0.25) is 14.4 Å². The number of amides is 3. The number of thiazole rings is 1. The Bertz CT molecular complexity index is 1860. The minimum atomic E-state index is -0.601. The Morgan fingerprint density at radius 1 is 0.867 bits per heavy atom. The molecule has 7 nitrogen and oxygen atoms in total. The van der Waals surface area contributed by atoms with E-state index in [0.717, 1.165) is 10.5 Å². The van der Waals surface area contributed by atoms with Crippen LogP contribution < -0.4 is 16.0 Å². The van der Waals surface area contributed by atoms with E-state index in [2.05, 4.69) is 20.9 Å². The van der Waals surface area contributed by atoms with Crippen LogP contribution in [0.3, 0.4) is 0 Å². The highest BCUT2D eigenvalue weighted by Crippen LogP contribution is 2.28. The van der Waals surface area contributed by atoms with Gasteiger partial charge >= 0.3 is 0 Å². The van der Waals surface area contributed by atoms with E-state index in [1.54, 1.807) is 90.3 Å². The van der Waals surface area contributed by atoms with Gasteiger partial charge in [-0.2, -0.15) is 0 Å². The van der Waals surface area contributed by atoms with Crippen molar-refractivity contribution in [3.8, 4) is 11.3 Å². The quantitative estimate of drug-likeness (QED) is 0.102. The fourth-order valence-electron chi connectivity index (χ4n) is 3.99. The molecule has 1 aromatic heterocycles. The number of hydrogen-bond acceptors (Lipinski definition) is 6. The van der Waals surface area contributed by atoms with E-state index in [0.29, 0.717) is 37.7 Å². The molecular weight excluding hydrogens is 654 g/mol. The topological polar surface area (TPSA) is 100 Å². The number of benzene rings is 4. The molecule has 0 aliphatic carbocycles. The molecule has 5 rings (SSSR count). The van der Waals surface area contributed by atoms with Crippen LogP contribution in [-0.2, 0) is 9.59 Å². The fourth-order valence-corrected chi connectivity index (χ4v) is 5.98. The minimum Gasteiger partial charge on any atom is -0.321 e. The molecule has 0 saturated heterocycles. The van der Waals surface area contributed by atoms with Crippen LogP contribution in [-0.4, -0.2) is 28.5 Å². The van der Waals surface area contributed by atoms with Crippen LogP contribution in [0.5, 0.6) is 0 Å². The van der Waals surface area contributed by atoms with Crippen LogP contribution in [0, 0.1) is 5.82 Å². The zero-order valence-electron chi connectivity index (χ0n) is 23.2. The van der Waals surface area contributed by atoms with Crippen molar-refractivity contribution in [1.82, 2.24) is 10.3 Å². The summed E-state index contributed by atoms with van der Waals surface area (Å²) >= 11 is 15.2. The molecule has 12 heteroatoms. The first-order chi connectivity index (χ1) is 21.7. The van der Waals surface area contributed by atoms with Gasteiger partial charge in [0.1, 0.15) is 11.5 Å². The Labute approximate surface area is 276 Å². The second-order valence-electron chi connectivity index (χ2n) is 9.38. The van der Waals surface area contributed by atoms with Crippen molar-refractivity contribution in [2.45, 2.75) is 4.90 Å². The predicted octanol–water partition coefficient (Wildman–Crippen LogP) is 8.40. The van der Waals surface area contributed by atoms with Crippen molar-refractivity contribution >= 4 is 80.9 Å². The molecule has 45 heavy (non-hydrogen) atoms. The summed E-state index contributed by atoms with van der Waals surface area (Å²) < 4.78 is 13.2. The van der Waals surface area contributed by atoms with Crippen molar-refractivity contribution < 1.29 is 18.8 Å². The van der Waals surface area contributed by atoms with Crippen LogP contribution >= 0.6 is 46.3 Å². The lowest BCUT2D eigenvalue weighted by Gasteiger charge is -2.13. The Hall–Kier alpha value is -4.48. The molecule has 5 aromatic rings. The zero-order chi connectivity index (χ0) is 31.8. The molecular formula is C33H23Cl2FN4O3S2. The molecule has 0 aliphatic rings. The maximum atomic E-state index is 13.4. The van der Waals surface area contributed by atoms with Crippen LogP contribution in [0.4, 0.5) is 15.2 Å². The molecule has 4 aromatic carbocycles. The first-order valence-electron chi connectivity index (χ1n) is 13.3. The van der Waals surface area contributed by atoms with E-state index in [9.17, 15) is 18.8 Å². The van der Waals surface area contributed by atoms with Crippen molar-refractivity contribution in [1.29, 1.82) is 0 Å². The van der Waals surface area contributed by atoms with Crippen LogP contribution in [0.25, 0.3) is 17.3 Å². The number of halogens is 3. The SMILES string of the molecule is O=C(CSc1cccc(NC(=O)/C(=C\c2c(Cl)cccc2Cl)NC(=O)c2ccccc2)c1)Nc1nc(-c2ccc(F)cc2)cs1. The molecule has 0 unspecified atom stereocenters. The summed E-state index contributed by atoms with van der Waals surface area (Å²) in [6.45, 7) is 0. The molecule has 0 aliphatic heterocycles. The number of aromatic nitrogens is 1. The van der Waals surface area contributed by atoms with E-state index in [4.69, 9.17) is 23.2 Å². The first-order valence-corrected chi connectivity index (χ1v) is 15.9. The molecule has 0 atom stereocenters. The van der Waals surface area contributed by atoms with Gasteiger partial charge in [0.2, 0.25) is 5.91 Å². The second-order valence-corrected chi connectivity index (χ2v) is 12.1. The highest BCUT2D eigenvalue weighted by molar-refractivity contribution is 8.00. The largest absolute Gasteiger partial charge is 0.321 e. The normalized spacial score (nSPS) is 11.1. The number of nitrogens with one attached hydrogen (secondary N) is 3. The van der Waals surface area contributed by atoms with Crippen molar-refractivity contribution in [2.24, 2.45) is 0 Å². The third-order valence-corrected chi connectivity index (χ3v) is 8.58. The van der Waals surface area contributed by atoms with Gasteiger partial charge in [0, 0.05) is 42.7 Å². The maximum absolute atomic E-state index is 13.4. The number of carbonyl (C=O) groups is 3.